The van der Waals surface area contributed by atoms with Crippen LogP contribution in [0.15, 0.2) is 60.7 Å². The van der Waals surface area contributed by atoms with Crippen LogP contribution in [0.1, 0.15) is 68.4 Å². The second kappa shape index (κ2) is 13.0. The van der Waals surface area contributed by atoms with Gasteiger partial charge < -0.3 is 14.3 Å². The molecule has 3 nitrogen and oxygen atoms in total. The van der Waals surface area contributed by atoms with Gasteiger partial charge in [-0.3, -0.25) is 0 Å². The number of hydrogen-bond donors (Lipinski definition) is 2. The Labute approximate surface area is 159 Å². The third kappa shape index (κ3) is 8.42. The summed E-state index contributed by atoms with van der Waals surface area (Å²) in [5.74, 6) is 0.487. The molecule has 0 bridgehead atoms. The SMILES string of the molecule is OP(O)OCCCCCCCCCC(c1ccccc1)c1ccccc1. The highest BCUT2D eigenvalue weighted by Crippen LogP contribution is 2.30. The van der Waals surface area contributed by atoms with Crippen LogP contribution in [0.2, 0.25) is 0 Å². The molecule has 2 aromatic rings. The first kappa shape index (κ1) is 21.1. The molecule has 0 amide bonds. The van der Waals surface area contributed by atoms with E-state index >= 15 is 0 Å². The zero-order valence-electron chi connectivity index (χ0n) is 15.5. The Kier molecular flexibility index (Phi) is 10.5. The first-order valence-corrected chi connectivity index (χ1v) is 10.8. The maximum Gasteiger partial charge on any atom is 0.327 e. The van der Waals surface area contributed by atoms with Crippen LogP contribution in [0.4, 0.5) is 0 Å². The van der Waals surface area contributed by atoms with Gasteiger partial charge in [0.1, 0.15) is 0 Å². The molecule has 0 heterocycles. The van der Waals surface area contributed by atoms with Crippen LogP contribution in [0, 0.1) is 0 Å². The molecule has 0 aliphatic heterocycles. The Morgan fingerprint density at radius 3 is 1.62 bits per heavy atom. The normalized spacial score (nSPS) is 11.4. The van der Waals surface area contributed by atoms with Crippen LogP contribution in [0.5, 0.6) is 0 Å². The number of benzene rings is 2. The van der Waals surface area contributed by atoms with E-state index in [0.29, 0.717) is 12.5 Å². The van der Waals surface area contributed by atoms with Crippen molar-refractivity contribution in [2.75, 3.05) is 6.61 Å². The van der Waals surface area contributed by atoms with Gasteiger partial charge in [-0.15, -0.1) is 0 Å². The lowest BCUT2D eigenvalue weighted by molar-refractivity contribution is 0.248. The van der Waals surface area contributed by atoms with Crippen molar-refractivity contribution in [2.24, 2.45) is 0 Å². The first-order chi connectivity index (χ1) is 12.8. The highest BCUT2D eigenvalue weighted by Gasteiger charge is 2.13. The van der Waals surface area contributed by atoms with Gasteiger partial charge in [0, 0.05) is 5.92 Å². The van der Waals surface area contributed by atoms with Gasteiger partial charge in [-0.05, 0) is 24.0 Å². The standard InChI is InChI=1S/C22H31O3P/c23-26(24)25-19-13-5-3-1-2-4-12-18-22(20-14-8-6-9-15-20)21-16-10-7-11-17-21/h6-11,14-17,22-24H,1-5,12-13,18-19H2. The van der Waals surface area contributed by atoms with E-state index in [9.17, 15) is 0 Å². The summed E-state index contributed by atoms with van der Waals surface area (Å²) < 4.78 is 4.77. The summed E-state index contributed by atoms with van der Waals surface area (Å²) in [6.45, 7) is 0.453. The molecule has 0 fully saturated rings. The molecule has 0 saturated heterocycles. The first-order valence-electron chi connectivity index (χ1n) is 9.68. The quantitative estimate of drug-likeness (QED) is 0.326. The fourth-order valence-electron chi connectivity index (χ4n) is 3.38. The maximum atomic E-state index is 8.66. The van der Waals surface area contributed by atoms with Crippen molar-refractivity contribution in [3.63, 3.8) is 0 Å². The van der Waals surface area contributed by atoms with E-state index < -0.39 is 8.60 Å². The molecule has 0 aliphatic rings. The average molecular weight is 374 g/mol. The minimum absolute atomic E-state index is 0.453. The smallest absolute Gasteiger partial charge is 0.327 e. The van der Waals surface area contributed by atoms with Gasteiger partial charge in [0.05, 0.1) is 6.61 Å². The van der Waals surface area contributed by atoms with E-state index in [0.717, 1.165) is 12.8 Å². The second-order valence-electron chi connectivity index (χ2n) is 6.72. The molecule has 4 heteroatoms. The highest BCUT2D eigenvalue weighted by molar-refractivity contribution is 7.39. The molecule has 0 unspecified atom stereocenters. The molecule has 0 saturated carbocycles. The average Bonchev–Trinajstić information content (AvgIpc) is 2.67. The third-order valence-corrected chi connectivity index (χ3v) is 5.16. The topological polar surface area (TPSA) is 49.7 Å². The van der Waals surface area contributed by atoms with Crippen molar-refractivity contribution in [2.45, 2.75) is 57.3 Å². The summed E-state index contributed by atoms with van der Waals surface area (Å²) in [4.78, 5) is 17.3. The van der Waals surface area contributed by atoms with Crippen molar-refractivity contribution in [1.82, 2.24) is 0 Å². The van der Waals surface area contributed by atoms with E-state index in [-0.39, 0.29) is 0 Å². The van der Waals surface area contributed by atoms with Crippen molar-refractivity contribution in [3.8, 4) is 0 Å². The van der Waals surface area contributed by atoms with Gasteiger partial charge in [0.25, 0.3) is 0 Å². The summed E-state index contributed by atoms with van der Waals surface area (Å²) in [7, 11) is -2.18. The lowest BCUT2D eigenvalue weighted by Crippen LogP contribution is -2.01. The Hall–Kier alpha value is -1.25. The summed E-state index contributed by atoms with van der Waals surface area (Å²) in [6.07, 6.45) is 9.42. The number of rotatable bonds is 13. The predicted molar refractivity (Wildman–Crippen MR) is 109 cm³/mol. The molecule has 0 aliphatic carbocycles. The fraction of sp³-hybridized carbons (Fsp3) is 0.455. The molecular weight excluding hydrogens is 343 g/mol. The van der Waals surface area contributed by atoms with Crippen molar-refractivity contribution >= 4 is 8.60 Å². The summed E-state index contributed by atoms with van der Waals surface area (Å²) in [5, 5.41) is 0. The van der Waals surface area contributed by atoms with Crippen molar-refractivity contribution < 1.29 is 14.3 Å². The second-order valence-corrected chi connectivity index (χ2v) is 7.49. The fourth-order valence-corrected chi connectivity index (χ4v) is 3.67. The molecule has 0 spiro atoms. The van der Waals surface area contributed by atoms with Crippen LogP contribution in [-0.4, -0.2) is 16.4 Å². The van der Waals surface area contributed by atoms with Crippen molar-refractivity contribution in [1.29, 1.82) is 0 Å². The number of unbranched alkanes of at least 4 members (excludes halogenated alkanes) is 6. The van der Waals surface area contributed by atoms with E-state index in [1.807, 2.05) is 0 Å². The van der Waals surface area contributed by atoms with E-state index in [1.54, 1.807) is 0 Å². The predicted octanol–water partition coefficient (Wildman–Crippen LogP) is 6.17. The lowest BCUT2D eigenvalue weighted by Gasteiger charge is -2.18. The Morgan fingerprint density at radius 2 is 1.12 bits per heavy atom. The van der Waals surface area contributed by atoms with Gasteiger partial charge in [0.15, 0.2) is 0 Å². The summed E-state index contributed by atoms with van der Waals surface area (Å²) in [5.41, 5.74) is 2.82. The Balaban J connectivity index is 1.65. The molecule has 0 aromatic heterocycles. The zero-order valence-corrected chi connectivity index (χ0v) is 16.4. The highest BCUT2D eigenvalue weighted by atomic mass is 31.2. The van der Waals surface area contributed by atoms with Gasteiger partial charge >= 0.3 is 8.60 Å². The van der Waals surface area contributed by atoms with Crippen LogP contribution in [0.3, 0.4) is 0 Å². The Bertz CT molecular complexity index is 535. The molecule has 26 heavy (non-hydrogen) atoms. The largest absolute Gasteiger partial charge is 0.328 e. The third-order valence-electron chi connectivity index (χ3n) is 4.75. The molecule has 142 valence electrons. The monoisotopic (exact) mass is 374 g/mol. The van der Waals surface area contributed by atoms with E-state index in [1.165, 1.54) is 49.7 Å². The van der Waals surface area contributed by atoms with E-state index in [4.69, 9.17) is 14.3 Å². The molecular formula is C22H31O3P. The molecule has 2 N–H and O–H groups in total. The molecule has 0 radical (unpaired) electrons. The van der Waals surface area contributed by atoms with Crippen LogP contribution < -0.4 is 0 Å². The summed E-state index contributed by atoms with van der Waals surface area (Å²) >= 11 is 0. The summed E-state index contributed by atoms with van der Waals surface area (Å²) in [6, 6.07) is 21.6. The van der Waals surface area contributed by atoms with Crippen LogP contribution in [-0.2, 0) is 4.52 Å². The minimum Gasteiger partial charge on any atom is -0.328 e. The van der Waals surface area contributed by atoms with Gasteiger partial charge in [0.2, 0.25) is 0 Å². The minimum atomic E-state index is -2.18. The van der Waals surface area contributed by atoms with Crippen LogP contribution in [0.25, 0.3) is 0 Å². The van der Waals surface area contributed by atoms with Gasteiger partial charge in [-0.25, -0.2) is 0 Å². The van der Waals surface area contributed by atoms with Crippen LogP contribution >= 0.6 is 8.60 Å². The zero-order chi connectivity index (χ0) is 18.5. The Morgan fingerprint density at radius 1 is 0.654 bits per heavy atom. The molecule has 0 atom stereocenters. The maximum absolute atomic E-state index is 8.66. The van der Waals surface area contributed by atoms with E-state index in [2.05, 4.69) is 60.7 Å². The molecule has 2 aromatic carbocycles. The van der Waals surface area contributed by atoms with Gasteiger partial charge in [-0.1, -0.05) is 99.2 Å². The number of hydrogen-bond acceptors (Lipinski definition) is 3. The van der Waals surface area contributed by atoms with Gasteiger partial charge in [-0.2, -0.15) is 0 Å². The lowest BCUT2D eigenvalue weighted by atomic mass is 9.87. The molecule has 2 rings (SSSR count). The van der Waals surface area contributed by atoms with Crippen molar-refractivity contribution in [3.05, 3.63) is 71.8 Å².